The first kappa shape index (κ1) is 17.1. The van der Waals surface area contributed by atoms with Gasteiger partial charge in [-0.1, -0.05) is 0 Å². The molecule has 0 bridgehead atoms. The zero-order chi connectivity index (χ0) is 17.5. The highest BCUT2D eigenvalue weighted by molar-refractivity contribution is 14.1. The van der Waals surface area contributed by atoms with Crippen LogP contribution in [0, 0.1) is 8.91 Å². The highest BCUT2D eigenvalue weighted by Crippen LogP contribution is 2.22. The van der Waals surface area contributed by atoms with E-state index in [9.17, 15) is 10.0 Å². The van der Waals surface area contributed by atoms with Crippen LogP contribution in [0.5, 0.6) is 0 Å². The quantitative estimate of drug-likeness (QED) is 0.289. The average molecular weight is 446 g/mol. The van der Waals surface area contributed by atoms with Crippen LogP contribution in [0.1, 0.15) is 20.8 Å². The second-order valence-corrected chi connectivity index (χ2v) is 7.69. The van der Waals surface area contributed by atoms with Gasteiger partial charge < -0.3 is 24.2 Å². The van der Waals surface area contributed by atoms with Crippen molar-refractivity contribution < 1.29 is 18.7 Å². The lowest BCUT2D eigenvalue weighted by Gasteiger charge is -2.33. The van der Waals surface area contributed by atoms with Crippen LogP contribution in [-0.2, 0) is 4.74 Å². The summed E-state index contributed by atoms with van der Waals surface area (Å²) in [5, 5.41) is 12.0. The lowest BCUT2D eigenvalue weighted by atomic mass is 10.2. The van der Waals surface area contributed by atoms with Gasteiger partial charge in [0.05, 0.1) is 0 Å². The Morgan fingerprint density at radius 1 is 1.33 bits per heavy atom. The number of hydrogen-bond acceptors (Lipinski definition) is 6. The number of carbonyl (C=O) groups is 1. The normalized spacial score (nSPS) is 15.8. The van der Waals surface area contributed by atoms with E-state index in [1.54, 1.807) is 17.0 Å². The number of pyridine rings is 1. The van der Waals surface area contributed by atoms with Gasteiger partial charge in [-0.05, 0) is 32.9 Å². The molecule has 1 aliphatic rings. The largest absolute Gasteiger partial charge is 0.710 e. The third-order valence-corrected chi connectivity index (χ3v) is 4.38. The number of halogens is 1. The van der Waals surface area contributed by atoms with E-state index < -0.39 is 5.60 Å². The van der Waals surface area contributed by atoms with Crippen LogP contribution in [0.4, 0.5) is 10.8 Å². The first-order chi connectivity index (χ1) is 11.2. The number of anilines is 1. The molecule has 0 saturated carbocycles. The zero-order valence-corrected chi connectivity index (χ0v) is 15.9. The van der Waals surface area contributed by atoms with E-state index in [1.165, 1.54) is 0 Å². The van der Waals surface area contributed by atoms with Crippen LogP contribution in [0.2, 0.25) is 0 Å². The van der Waals surface area contributed by atoms with Crippen molar-refractivity contribution in [3.8, 4) is 0 Å². The molecule has 9 heteroatoms. The summed E-state index contributed by atoms with van der Waals surface area (Å²) in [4.78, 5) is 20.0. The third kappa shape index (κ3) is 3.50. The van der Waals surface area contributed by atoms with Gasteiger partial charge in [-0.15, -0.1) is 0 Å². The molecule has 0 spiro atoms. The van der Waals surface area contributed by atoms with Crippen molar-refractivity contribution in [2.24, 2.45) is 0 Å². The lowest BCUT2D eigenvalue weighted by molar-refractivity contribution is -0.593. The predicted molar refractivity (Wildman–Crippen MR) is 95.7 cm³/mol. The summed E-state index contributed by atoms with van der Waals surface area (Å²) in [6.07, 6.45) is -0.313. The van der Waals surface area contributed by atoms with Gasteiger partial charge in [0, 0.05) is 53.8 Å². The first-order valence-corrected chi connectivity index (χ1v) is 8.74. The Bertz CT molecular complexity index is 763. The fourth-order valence-electron chi connectivity index (χ4n) is 2.42. The first-order valence-electron chi connectivity index (χ1n) is 7.66. The Labute approximate surface area is 153 Å². The summed E-state index contributed by atoms with van der Waals surface area (Å²) in [5.74, 6) is 0. The molecule has 1 fully saturated rings. The predicted octanol–water partition coefficient (Wildman–Crippen LogP) is 2.12. The van der Waals surface area contributed by atoms with Crippen molar-refractivity contribution in [3.05, 3.63) is 21.0 Å². The van der Waals surface area contributed by atoms with Crippen LogP contribution >= 0.6 is 22.6 Å². The monoisotopic (exact) mass is 446 g/mol. The summed E-state index contributed by atoms with van der Waals surface area (Å²) in [6.45, 7) is 7.71. The maximum atomic E-state index is 12.1. The van der Waals surface area contributed by atoms with E-state index in [0.29, 0.717) is 41.5 Å². The van der Waals surface area contributed by atoms with Gasteiger partial charge in [-0.2, -0.15) is 0 Å². The van der Waals surface area contributed by atoms with E-state index >= 15 is 0 Å². The van der Waals surface area contributed by atoms with Gasteiger partial charge in [0.2, 0.25) is 5.58 Å². The van der Waals surface area contributed by atoms with Crippen molar-refractivity contribution >= 4 is 45.9 Å². The third-order valence-electron chi connectivity index (χ3n) is 3.58. The molecular formula is C15H19IN4O4. The molecule has 130 valence electrons. The molecule has 1 aliphatic heterocycles. The molecule has 0 aliphatic carbocycles. The van der Waals surface area contributed by atoms with Crippen LogP contribution < -0.4 is 9.63 Å². The molecule has 0 N–H and O–H groups in total. The molecule has 0 unspecified atom stereocenters. The summed E-state index contributed by atoms with van der Waals surface area (Å²) >= 11 is 1.95. The second kappa shape index (κ2) is 6.26. The van der Waals surface area contributed by atoms with Gasteiger partial charge >= 0.3 is 17.8 Å². The number of fused-ring (bicyclic) bond motifs is 1. The molecule has 2 aromatic rings. The Hall–Kier alpha value is -1.78. The van der Waals surface area contributed by atoms with E-state index in [2.05, 4.69) is 4.98 Å². The molecule has 3 heterocycles. The van der Waals surface area contributed by atoms with Crippen LogP contribution in [0.3, 0.4) is 0 Å². The van der Waals surface area contributed by atoms with Crippen molar-refractivity contribution in [1.29, 1.82) is 0 Å². The highest BCUT2D eigenvalue weighted by atomic mass is 127. The summed E-state index contributed by atoms with van der Waals surface area (Å²) in [7, 11) is 0. The topological polar surface area (TPSA) is 85.8 Å². The molecule has 1 amide bonds. The molecule has 3 rings (SSSR count). The number of ether oxygens (including phenoxy) is 1. The van der Waals surface area contributed by atoms with Gasteiger partial charge in [-0.25, -0.2) is 9.52 Å². The van der Waals surface area contributed by atoms with Crippen molar-refractivity contribution in [2.75, 3.05) is 31.1 Å². The second-order valence-electron chi connectivity index (χ2n) is 6.59. The van der Waals surface area contributed by atoms with Crippen molar-refractivity contribution in [3.63, 3.8) is 0 Å². The molecule has 0 radical (unpaired) electrons. The van der Waals surface area contributed by atoms with Crippen LogP contribution in [0.15, 0.2) is 16.5 Å². The van der Waals surface area contributed by atoms with E-state index in [0.717, 1.165) is 4.73 Å². The van der Waals surface area contributed by atoms with E-state index in [1.807, 2.05) is 48.3 Å². The fourth-order valence-corrected chi connectivity index (χ4v) is 2.83. The molecule has 0 aromatic carbocycles. The summed E-state index contributed by atoms with van der Waals surface area (Å²) in [5.41, 5.74) is 0.217. The Kier molecular flexibility index (Phi) is 4.45. The minimum Gasteiger partial charge on any atom is -0.710 e. The standard InChI is InChI=1S/C15H19IN4O4/c1-15(2,3)24-14(21)19-8-6-18(7-9-19)13-17-12-10(23-13)4-5-11(16)20(12)22/h4-5H,6-9H2,1-3H3. The van der Waals surface area contributed by atoms with Gasteiger partial charge in [0.1, 0.15) is 5.60 Å². The summed E-state index contributed by atoms with van der Waals surface area (Å²) < 4.78 is 12.3. The number of aromatic nitrogens is 2. The number of oxazole rings is 1. The lowest BCUT2D eigenvalue weighted by Crippen LogP contribution is -2.50. The number of piperazine rings is 1. The summed E-state index contributed by atoms with van der Waals surface area (Å²) in [6, 6.07) is 3.82. The Morgan fingerprint density at radius 2 is 2.00 bits per heavy atom. The average Bonchev–Trinajstić information content (AvgIpc) is 2.94. The number of carbonyl (C=O) groups excluding carboxylic acids is 1. The minimum absolute atomic E-state index is 0.270. The van der Waals surface area contributed by atoms with Crippen molar-refractivity contribution in [1.82, 2.24) is 9.88 Å². The van der Waals surface area contributed by atoms with Gasteiger partial charge in [0.25, 0.3) is 0 Å². The molecule has 24 heavy (non-hydrogen) atoms. The molecule has 0 atom stereocenters. The van der Waals surface area contributed by atoms with Gasteiger partial charge in [-0.3, -0.25) is 0 Å². The Morgan fingerprint density at radius 3 is 2.62 bits per heavy atom. The Balaban J connectivity index is 1.69. The molecule has 8 nitrogen and oxygen atoms in total. The maximum Gasteiger partial charge on any atom is 0.415 e. The zero-order valence-electron chi connectivity index (χ0n) is 13.8. The smallest absolute Gasteiger partial charge is 0.415 e. The number of nitrogens with zero attached hydrogens (tertiary/aromatic N) is 4. The molecular weight excluding hydrogens is 427 g/mol. The number of amides is 1. The van der Waals surface area contributed by atoms with Crippen LogP contribution in [0.25, 0.3) is 11.2 Å². The minimum atomic E-state index is -0.507. The van der Waals surface area contributed by atoms with Crippen molar-refractivity contribution in [2.45, 2.75) is 26.4 Å². The van der Waals surface area contributed by atoms with E-state index in [-0.39, 0.29) is 11.7 Å². The SMILES string of the molecule is CC(C)(C)OC(=O)N1CCN(c2nc3c(ccc(I)[n+]3[O-])o2)CC1. The molecule has 1 saturated heterocycles. The fraction of sp³-hybridized carbons (Fsp3) is 0.533. The van der Waals surface area contributed by atoms with Gasteiger partial charge in [0.15, 0.2) is 3.70 Å². The number of hydrogen-bond donors (Lipinski definition) is 0. The highest BCUT2D eigenvalue weighted by Gasteiger charge is 2.30. The maximum absolute atomic E-state index is 12.1. The molecule has 2 aromatic heterocycles. The number of rotatable bonds is 1. The van der Waals surface area contributed by atoms with E-state index in [4.69, 9.17) is 9.15 Å². The van der Waals surface area contributed by atoms with Crippen LogP contribution in [-0.4, -0.2) is 47.8 Å².